The molecule has 1 unspecified atom stereocenters. The molecule has 1 heterocycles. The average molecular weight is 214 g/mol. The van der Waals surface area contributed by atoms with Crippen molar-refractivity contribution < 1.29 is 14.6 Å². The minimum atomic E-state index is -0.280. The first-order valence-corrected chi connectivity index (χ1v) is 5.44. The molecule has 0 spiro atoms. The topological polar surface area (TPSA) is 75.8 Å². The van der Waals surface area contributed by atoms with Gasteiger partial charge in [-0.15, -0.1) is 0 Å². The van der Waals surface area contributed by atoms with E-state index in [2.05, 4.69) is 0 Å². The molecule has 0 aromatic carbocycles. The van der Waals surface area contributed by atoms with Crippen LogP contribution in [0.25, 0.3) is 0 Å². The molecule has 2 aliphatic rings. The minimum Gasteiger partial charge on any atom is -0.394 e. The van der Waals surface area contributed by atoms with E-state index in [1.807, 2.05) is 0 Å². The van der Waals surface area contributed by atoms with E-state index in [0.717, 1.165) is 12.8 Å². The zero-order valence-corrected chi connectivity index (χ0v) is 8.82. The molecule has 5 heteroatoms. The summed E-state index contributed by atoms with van der Waals surface area (Å²) in [4.78, 5) is 13.9. The Bertz CT molecular complexity index is 253. The van der Waals surface area contributed by atoms with Crippen molar-refractivity contribution in [1.82, 2.24) is 4.90 Å². The van der Waals surface area contributed by atoms with Gasteiger partial charge in [0.15, 0.2) is 0 Å². The van der Waals surface area contributed by atoms with Gasteiger partial charge < -0.3 is 20.5 Å². The number of aliphatic hydroxyl groups is 1. The molecule has 2 rings (SSSR count). The molecular weight excluding hydrogens is 196 g/mol. The highest BCUT2D eigenvalue weighted by molar-refractivity contribution is 5.85. The normalized spacial score (nSPS) is 28.9. The van der Waals surface area contributed by atoms with Gasteiger partial charge in [-0.1, -0.05) is 0 Å². The van der Waals surface area contributed by atoms with Crippen molar-refractivity contribution in [3.63, 3.8) is 0 Å². The summed E-state index contributed by atoms with van der Waals surface area (Å²) in [5.41, 5.74) is 5.33. The average Bonchev–Trinajstić information content (AvgIpc) is 3.09. The molecule has 2 fully saturated rings. The summed E-state index contributed by atoms with van der Waals surface area (Å²) < 4.78 is 5.30. The van der Waals surface area contributed by atoms with Gasteiger partial charge in [0.1, 0.15) is 0 Å². The zero-order valence-electron chi connectivity index (χ0n) is 8.82. The van der Waals surface area contributed by atoms with Crippen molar-refractivity contribution in [1.29, 1.82) is 0 Å². The summed E-state index contributed by atoms with van der Waals surface area (Å²) in [5.74, 6) is 0.145. The maximum absolute atomic E-state index is 12.1. The molecule has 1 amide bonds. The molecule has 0 aromatic rings. The second-order valence-electron chi connectivity index (χ2n) is 4.41. The Morgan fingerprint density at radius 3 is 2.87 bits per heavy atom. The third kappa shape index (κ3) is 2.00. The van der Waals surface area contributed by atoms with Gasteiger partial charge in [0, 0.05) is 19.6 Å². The number of carbonyl (C=O) groups excluding carboxylic acids is 1. The molecule has 3 N–H and O–H groups in total. The largest absolute Gasteiger partial charge is 0.394 e. The minimum absolute atomic E-state index is 0.0284. The first-order chi connectivity index (χ1) is 7.22. The van der Waals surface area contributed by atoms with Crippen LogP contribution in [-0.4, -0.2) is 54.9 Å². The summed E-state index contributed by atoms with van der Waals surface area (Å²) in [6.45, 7) is 2.04. The van der Waals surface area contributed by atoms with Crippen LogP contribution in [0.1, 0.15) is 12.8 Å². The van der Waals surface area contributed by atoms with Crippen molar-refractivity contribution in [2.45, 2.75) is 18.9 Å². The number of nitrogens with zero attached hydrogens (tertiary/aromatic N) is 1. The monoisotopic (exact) mass is 214 g/mol. The lowest BCUT2D eigenvalue weighted by atomic mass is 10.1. The fourth-order valence-corrected chi connectivity index (χ4v) is 2.01. The quantitative estimate of drug-likeness (QED) is 0.628. The standard InChI is InChI=1S/C10H18N2O3/c11-7-10(1-2-10)9(14)12-3-4-15-8(5-12)6-13/h8,13H,1-7,11H2. The molecule has 0 bridgehead atoms. The summed E-state index contributed by atoms with van der Waals surface area (Å²) in [5, 5.41) is 8.98. The molecule has 86 valence electrons. The Hall–Kier alpha value is -0.650. The SMILES string of the molecule is NCC1(C(=O)N2CCOC(CO)C2)CC1. The molecule has 0 aromatic heterocycles. The molecule has 1 aliphatic carbocycles. The predicted octanol–water partition coefficient (Wildman–Crippen LogP) is -1.05. The molecule has 5 nitrogen and oxygen atoms in total. The molecule has 15 heavy (non-hydrogen) atoms. The number of hydrogen-bond donors (Lipinski definition) is 2. The highest BCUT2D eigenvalue weighted by atomic mass is 16.5. The summed E-state index contributed by atoms with van der Waals surface area (Å²) in [6, 6.07) is 0. The Morgan fingerprint density at radius 1 is 1.60 bits per heavy atom. The molecule has 1 saturated carbocycles. The van der Waals surface area contributed by atoms with Crippen LogP contribution < -0.4 is 5.73 Å². The second kappa shape index (κ2) is 4.08. The number of ether oxygens (including phenoxy) is 1. The van der Waals surface area contributed by atoms with Crippen LogP contribution in [0.4, 0.5) is 0 Å². The Balaban J connectivity index is 1.95. The number of aliphatic hydroxyl groups excluding tert-OH is 1. The van der Waals surface area contributed by atoms with E-state index in [9.17, 15) is 4.79 Å². The van der Waals surface area contributed by atoms with Gasteiger partial charge in [-0.2, -0.15) is 0 Å². The van der Waals surface area contributed by atoms with Crippen LogP contribution in [0.15, 0.2) is 0 Å². The number of hydrogen-bond acceptors (Lipinski definition) is 4. The van der Waals surface area contributed by atoms with Gasteiger partial charge >= 0.3 is 0 Å². The number of nitrogens with two attached hydrogens (primary N) is 1. The Kier molecular flexibility index (Phi) is 2.95. The van der Waals surface area contributed by atoms with Crippen molar-refractivity contribution in [2.24, 2.45) is 11.1 Å². The van der Waals surface area contributed by atoms with Gasteiger partial charge in [-0.05, 0) is 12.8 Å². The van der Waals surface area contributed by atoms with E-state index in [0.29, 0.717) is 26.2 Å². The van der Waals surface area contributed by atoms with E-state index in [1.165, 1.54) is 0 Å². The van der Waals surface area contributed by atoms with Crippen LogP contribution in [-0.2, 0) is 9.53 Å². The predicted molar refractivity (Wildman–Crippen MR) is 54.1 cm³/mol. The molecule has 1 atom stereocenters. The van der Waals surface area contributed by atoms with Gasteiger partial charge in [0.2, 0.25) is 5.91 Å². The lowest BCUT2D eigenvalue weighted by molar-refractivity contribution is -0.145. The lowest BCUT2D eigenvalue weighted by Gasteiger charge is -2.34. The van der Waals surface area contributed by atoms with Crippen LogP contribution in [0, 0.1) is 5.41 Å². The maximum atomic E-state index is 12.1. The van der Waals surface area contributed by atoms with Gasteiger partial charge in [0.25, 0.3) is 0 Å². The van der Waals surface area contributed by atoms with Gasteiger partial charge in [-0.3, -0.25) is 4.79 Å². The third-order valence-corrected chi connectivity index (χ3v) is 3.33. The summed E-state index contributed by atoms with van der Waals surface area (Å²) in [7, 11) is 0. The summed E-state index contributed by atoms with van der Waals surface area (Å²) >= 11 is 0. The first-order valence-electron chi connectivity index (χ1n) is 5.44. The zero-order chi connectivity index (χ0) is 10.9. The van der Waals surface area contributed by atoms with E-state index >= 15 is 0 Å². The van der Waals surface area contributed by atoms with Crippen molar-refractivity contribution in [3.8, 4) is 0 Å². The smallest absolute Gasteiger partial charge is 0.230 e. The Labute approximate surface area is 89.2 Å². The first kappa shape index (κ1) is 10.9. The molecule has 1 aliphatic heterocycles. The van der Waals surface area contributed by atoms with Crippen LogP contribution in [0.5, 0.6) is 0 Å². The van der Waals surface area contributed by atoms with Crippen molar-refractivity contribution in [3.05, 3.63) is 0 Å². The van der Waals surface area contributed by atoms with Crippen LogP contribution in [0.3, 0.4) is 0 Å². The van der Waals surface area contributed by atoms with Crippen molar-refractivity contribution in [2.75, 3.05) is 32.8 Å². The highest BCUT2D eigenvalue weighted by Crippen LogP contribution is 2.46. The van der Waals surface area contributed by atoms with E-state index in [-0.39, 0.29) is 24.0 Å². The third-order valence-electron chi connectivity index (χ3n) is 3.33. The van der Waals surface area contributed by atoms with Crippen LogP contribution in [0.2, 0.25) is 0 Å². The van der Waals surface area contributed by atoms with Gasteiger partial charge in [0.05, 0.1) is 24.7 Å². The molecule has 1 saturated heterocycles. The number of rotatable bonds is 3. The molecule has 0 radical (unpaired) electrons. The maximum Gasteiger partial charge on any atom is 0.230 e. The highest BCUT2D eigenvalue weighted by Gasteiger charge is 2.50. The Morgan fingerprint density at radius 2 is 2.33 bits per heavy atom. The van der Waals surface area contributed by atoms with E-state index in [4.69, 9.17) is 15.6 Å². The lowest BCUT2D eigenvalue weighted by Crippen LogP contribution is -2.50. The van der Waals surface area contributed by atoms with Gasteiger partial charge in [-0.25, -0.2) is 0 Å². The van der Waals surface area contributed by atoms with E-state index < -0.39 is 0 Å². The second-order valence-corrected chi connectivity index (χ2v) is 4.41. The fraction of sp³-hybridized carbons (Fsp3) is 0.900. The number of carbonyl (C=O) groups is 1. The summed E-state index contributed by atoms with van der Waals surface area (Å²) in [6.07, 6.45) is 1.59. The molecular formula is C10H18N2O3. The number of amides is 1. The van der Waals surface area contributed by atoms with E-state index in [1.54, 1.807) is 4.90 Å². The number of morpholine rings is 1. The fourth-order valence-electron chi connectivity index (χ4n) is 2.01. The van der Waals surface area contributed by atoms with Crippen molar-refractivity contribution >= 4 is 5.91 Å². The van der Waals surface area contributed by atoms with Crippen LogP contribution >= 0.6 is 0 Å².